The summed E-state index contributed by atoms with van der Waals surface area (Å²) >= 11 is 0. The number of piperidine rings is 1. The van der Waals surface area contributed by atoms with E-state index in [1.54, 1.807) is 6.07 Å². The third kappa shape index (κ3) is 3.76. The van der Waals surface area contributed by atoms with Crippen LogP contribution >= 0.6 is 0 Å². The molecule has 0 unspecified atom stereocenters. The Morgan fingerprint density at radius 1 is 1.22 bits per heavy atom. The lowest BCUT2D eigenvalue weighted by Crippen LogP contribution is -2.50. The minimum Gasteiger partial charge on any atom is -0.342 e. The molecule has 3 fully saturated rings. The maximum atomic E-state index is 13.3. The number of H-pyrrole nitrogens is 1. The Balaban J connectivity index is 1.37. The van der Waals surface area contributed by atoms with E-state index in [4.69, 9.17) is 0 Å². The van der Waals surface area contributed by atoms with Crippen LogP contribution in [0.15, 0.2) is 6.07 Å². The van der Waals surface area contributed by atoms with E-state index in [-0.39, 0.29) is 17.2 Å². The molecule has 3 heterocycles. The molecule has 2 saturated heterocycles. The normalized spacial score (nSPS) is 26.9. The number of nitrogens with one attached hydrogen (secondary N) is 1. The molecule has 1 saturated carbocycles. The molecule has 1 N–H and O–H groups in total. The van der Waals surface area contributed by atoms with Crippen LogP contribution in [0, 0.1) is 18.3 Å². The van der Waals surface area contributed by atoms with Gasteiger partial charge < -0.3 is 9.80 Å². The largest absolute Gasteiger partial charge is 0.342 e. The first-order valence-electron chi connectivity index (χ1n) is 10.7. The van der Waals surface area contributed by atoms with Gasteiger partial charge in [-0.2, -0.15) is 5.10 Å². The zero-order valence-corrected chi connectivity index (χ0v) is 16.5. The van der Waals surface area contributed by atoms with Gasteiger partial charge in [-0.1, -0.05) is 32.1 Å². The van der Waals surface area contributed by atoms with Crippen LogP contribution in [-0.2, 0) is 4.79 Å². The maximum Gasteiger partial charge on any atom is 0.274 e. The number of carbonyl (C=O) groups excluding carboxylic acids is 2. The Morgan fingerprint density at radius 3 is 2.78 bits per heavy atom. The Bertz CT molecular complexity index is 694. The number of likely N-dealkylation sites (tertiary alicyclic amines) is 2. The van der Waals surface area contributed by atoms with Crippen molar-refractivity contribution in [3.63, 3.8) is 0 Å². The fraction of sp³-hybridized carbons (Fsp3) is 0.762. The second-order valence-electron chi connectivity index (χ2n) is 8.88. The van der Waals surface area contributed by atoms with Crippen molar-refractivity contribution in [3.8, 4) is 0 Å². The van der Waals surface area contributed by atoms with Gasteiger partial charge in [0.15, 0.2) is 0 Å². The number of carbonyl (C=O) groups is 2. The van der Waals surface area contributed by atoms with E-state index >= 15 is 0 Å². The molecule has 6 nitrogen and oxygen atoms in total. The molecule has 27 heavy (non-hydrogen) atoms. The molecule has 2 aliphatic heterocycles. The zero-order valence-electron chi connectivity index (χ0n) is 16.5. The van der Waals surface area contributed by atoms with Crippen LogP contribution in [0.2, 0.25) is 0 Å². The average Bonchev–Trinajstić information content (AvgIpc) is 3.31. The molecule has 4 rings (SSSR count). The van der Waals surface area contributed by atoms with E-state index in [9.17, 15) is 9.59 Å². The molecule has 1 aliphatic carbocycles. The van der Waals surface area contributed by atoms with Crippen LogP contribution in [0.4, 0.5) is 0 Å². The van der Waals surface area contributed by atoms with Crippen molar-refractivity contribution >= 4 is 11.8 Å². The summed E-state index contributed by atoms with van der Waals surface area (Å²) in [6.07, 6.45) is 10.7. The second kappa shape index (κ2) is 7.64. The highest BCUT2D eigenvalue weighted by atomic mass is 16.2. The summed E-state index contributed by atoms with van der Waals surface area (Å²) in [5.41, 5.74) is 0.989. The minimum absolute atomic E-state index is 0.0524. The minimum atomic E-state index is -0.355. The van der Waals surface area contributed by atoms with E-state index < -0.39 is 0 Å². The number of aromatic amines is 1. The highest BCUT2D eigenvalue weighted by Crippen LogP contribution is 2.41. The lowest BCUT2D eigenvalue weighted by molar-refractivity contribution is -0.145. The van der Waals surface area contributed by atoms with Gasteiger partial charge in [-0.3, -0.25) is 14.7 Å². The molecule has 1 spiro atoms. The van der Waals surface area contributed by atoms with Crippen LogP contribution < -0.4 is 0 Å². The quantitative estimate of drug-likeness (QED) is 0.883. The van der Waals surface area contributed by atoms with Crippen molar-refractivity contribution in [1.82, 2.24) is 20.0 Å². The van der Waals surface area contributed by atoms with E-state index in [0.29, 0.717) is 18.8 Å². The van der Waals surface area contributed by atoms with Crippen LogP contribution in [0.5, 0.6) is 0 Å². The zero-order chi connectivity index (χ0) is 18.9. The molecule has 0 aromatic carbocycles. The van der Waals surface area contributed by atoms with Crippen molar-refractivity contribution in [2.45, 2.75) is 64.7 Å². The van der Waals surface area contributed by atoms with Crippen molar-refractivity contribution in [2.24, 2.45) is 11.3 Å². The van der Waals surface area contributed by atoms with Gasteiger partial charge >= 0.3 is 0 Å². The number of hydrogen-bond donors (Lipinski definition) is 1. The van der Waals surface area contributed by atoms with E-state index in [2.05, 4.69) is 15.1 Å². The molecular formula is C21H32N4O2. The van der Waals surface area contributed by atoms with Crippen molar-refractivity contribution in [1.29, 1.82) is 0 Å². The number of rotatable bonds is 4. The molecule has 6 heteroatoms. The fourth-order valence-electron chi connectivity index (χ4n) is 5.29. The maximum absolute atomic E-state index is 13.3. The monoisotopic (exact) mass is 372 g/mol. The third-order valence-corrected chi connectivity index (χ3v) is 6.92. The molecule has 0 bridgehead atoms. The fourth-order valence-corrected chi connectivity index (χ4v) is 5.29. The van der Waals surface area contributed by atoms with Crippen LogP contribution in [0.25, 0.3) is 0 Å². The van der Waals surface area contributed by atoms with E-state index in [1.165, 1.54) is 32.1 Å². The predicted octanol–water partition coefficient (Wildman–Crippen LogP) is 3.14. The second-order valence-corrected chi connectivity index (χ2v) is 8.88. The number of aryl methyl sites for hydroxylation is 1. The molecule has 3 aliphatic rings. The summed E-state index contributed by atoms with van der Waals surface area (Å²) in [5, 5.41) is 6.93. The summed E-state index contributed by atoms with van der Waals surface area (Å²) in [4.78, 5) is 30.0. The SMILES string of the molecule is Cc1cc(C(=O)N2CC[C@]3(CCCN(CCC4CCCCC4)C3=O)C2)n[nH]1. The molecule has 1 atom stereocenters. The topological polar surface area (TPSA) is 69.3 Å². The Kier molecular flexibility index (Phi) is 5.24. The van der Waals surface area contributed by atoms with Gasteiger partial charge in [0.1, 0.15) is 5.69 Å². The smallest absolute Gasteiger partial charge is 0.274 e. The van der Waals surface area contributed by atoms with Crippen LogP contribution in [0.1, 0.15) is 74.0 Å². The lowest BCUT2D eigenvalue weighted by atomic mass is 9.78. The lowest BCUT2D eigenvalue weighted by Gasteiger charge is -2.40. The average molecular weight is 373 g/mol. The Labute approximate surface area is 161 Å². The number of amides is 2. The highest BCUT2D eigenvalue weighted by molar-refractivity contribution is 5.94. The predicted molar refractivity (Wildman–Crippen MR) is 103 cm³/mol. The van der Waals surface area contributed by atoms with Crippen molar-refractivity contribution < 1.29 is 9.59 Å². The molecule has 1 aromatic rings. The van der Waals surface area contributed by atoms with Gasteiger partial charge in [-0.15, -0.1) is 0 Å². The van der Waals surface area contributed by atoms with Gasteiger partial charge in [0.05, 0.1) is 5.41 Å². The summed E-state index contributed by atoms with van der Waals surface area (Å²) in [5.74, 6) is 1.04. The highest BCUT2D eigenvalue weighted by Gasteiger charge is 2.49. The van der Waals surface area contributed by atoms with Crippen molar-refractivity contribution in [2.75, 3.05) is 26.2 Å². The summed E-state index contributed by atoms with van der Waals surface area (Å²) in [6, 6.07) is 1.78. The van der Waals surface area contributed by atoms with Gasteiger partial charge in [0, 0.05) is 31.9 Å². The van der Waals surface area contributed by atoms with Crippen molar-refractivity contribution in [3.05, 3.63) is 17.5 Å². The molecule has 0 radical (unpaired) electrons. The van der Waals surface area contributed by atoms with Gasteiger partial charge in [-0.05, 0) is 44.6 Å². The standard InChI is InChI=1S/C21H32N4O2/c1-16-14-18(23-22-16)19(26)25-13-10-21(15-25)9-5-11-24(20(21)27)12-8-17-6-3-2-4-7-17/h14,17H,2-13,15H2,1H3,(H,22,23)/t21-/m1/s1. The molecule has 2 amide bonds. The summed E-state index contributed by atoms with van der Waals surface area (Å²) in [7, 11) is 0. The van der Waals surface area contributed by atoms with Gasteiger partial charge in [0.2, 0.25) is 5.91 Å². The molecule has 148 valence electrons. The first-order chi connectivity index (χ1) is 13.1. The van der Waals surface area contributed by atoms with E-state index in [1.807, 2.05) is 11.8 Å². The Hall–Kier alpha value is -1.85. The van der Waals surface area contributed by atoms with Crippen LogP contribution in [0.3, 0.4) is 0 Å². The first kappa shape index (κ1) is 18.5. The van der Waals surface area contributed by atoms with E-state index in [0.717, 1.165) is 50.4 Å². The van der Waals surface area contributed by atoms with Gasteiger partial charge in [0.25, 0.3) is 5.91 Å². The summed E-state index contributed by atoms with van der Waals surface area (Å²) in [6.45, 7) is 4.89. The Morgan fingerprint density at radius 2 is 2.04 bits per heavy atom. The number of aromatic nitrogens is 2. The van der Waals surface area contributed by atoms with Gasteiger partial charge in [-0.25, -0.2) is 0 Å². The third-order valence-electron chi connectivity index (χ3n) is 6.92. The molecular weight excluding hydrogens is 340 g/mol. The first-order valence-corrected chi connectivity index (χ1v) is 10.7. The number of nitrogens with zero attached hydrogens (tertiary/aromatic N) is 3. The summed E-state index contributed by atoms with van der Waals surface area (Å²) < 4.78 is 0. The number of hydrogen-bond acceptors (Lipinski definition) is 3. The molecule has 1 aromatic heterocycles. The van der Waals surface area contributed by atoms with Crippen LogP contribution in [-0.4, -0.2) is 58.0 Å².